The lowest BCUT2D eigenvalue weighted by Crippen LogP contribution is -2.31. The molecule has 2 aliphatic rings. The van der Waals surface area contributed by atoms with Gasteiger partial charge in [-0.1, -0.05) is 20.3 Å². The summed E-state index contributed by atoms with van der Waals surface area (Å²) in [6.07, 6.45) is 5.48. The Morgan fingerprint density at radius 3 is 2.71 bits per heavy atom. The smallest absolute Gasteiger partial charge is 0.0128 e. The van der Waals surface area contributed by atoms with E-state index in [0.717, 1.165) is 18.0 Å². The highest BCUT2D eigenvalue weighted by Gasteiger charge is 2.40. The SMILES string of the molecule is CCC1CCN(C2CC2CC)CCN1. The van der Waals surface area contributed by atoms with Gasteiger partial charge in [0.25, 0.3) is 0 Å². The fourth-order valence-electron chi connectivity index (χ4n) is 2.75. The average molecular weight is 196 g/mol. The van der Waals surface area contributed by atoms with Gasteiger partial charge in [-0.25, -0.2) is 0 Å². The molecule has 0 spiro atoms. The summed E-state index contributed by atoms with van der Waals surface area (Å²) in [7, 11) is 0. The molecule has 1 N–H and O–H groups in total. The molecule has 1 aliphatic heterocycles. The highest BCUT2D eigenvalue weighted by molar-refractivity contribution is 4.95. The fraction of sp³-hybridized carbons (Fsp3) is 1.00. The van der Waals surface area contributed by atoms with Gasteiger partial charge in [-0.15, -0.1) is 0 Å². The van der Waals surface area contributed by atoms with E-state index in [0.29, 0.717) is 0 Å². The summed E-state index contributed by atoms with van der Waals surface area (Å²) >= 11 is 0. The van der Waals surface area contributed by atoms with E-state index in [1.807, 2.05) is 0 Å². The minimum Gasteiger partial charge on any atom is -0.313 e. The first kappa shape index (κ1) is 10.4. The Bertz CT molecular complexity index is 181. The second-order valence-electron chi connectivity index (χ2n) is 4.86. The lowest BCUT2D eigenvalue weighted by atomic mass is 10.1. The van der Waals surface area contributed by atoms with E-state index in [4.69, 9.17) is 0 Å². The largest absolute Gasteiger partial charge is 0.313 e. The van der Waals surface area contributed by atoms with Crippen LogP contribution in [0.25, 0.3) is 0 Å². The molecule has 2 heteroatoms. The van der Waals surface area contributed by atoms with E-state index < -0.39 is 0 Å². The normalized spacial score (nSPS) is 39.4. The van der Waals surface area contributed by atoms with Crippen molar-refractivity contribution in [3.05, 3.63) is 0 Å². The number of nitrogens with zero attached hydrogens (tertiary/aromatic N) is 1. The van der Waals surface area contributed by atoms with Crippen LogP contribution in [0.4, 0.5) is 0 Å². The zero-order valence-electron chi connectivity index (χ0n) is 9.63. The molecule has 3 unspecified atom stereocenters. The van der Waals surface area contributed by atoms with Crippen molar-refractivity contribution in [2.75, 3.05) is 19.6 Å². The minimum atomic E-state index is 0.777. The molecule has 0 aromatic carbocycles. The lowest BCUT2D eigenvalue weighted by molar-refractivity contribution is 0.265. The number of rotatable bonds is 3. The second-order valence-corrected chi connectivity index (χ2v) is 4.86. The molecule has 3 atom stereocenters. The molecule has 1 heterocycles. The Morgan fingerprint density at radius 2 is 2.07 bits per heavy atom. The van der Waals surface area contributed by atoms with Crippen molar-refractivity contribution in [1.29, 1.82) is 0 Å². The van der Waals surface area contributed by atoms with Gasteiger partial charge >= 0.3 is 0 Å². The molecule has 2 fully saturated rings. The summed E-state index contributed by atoms with van der Waals surface area (Å²) < 4.78 is 0. The maximum absolute atomic E-state index is 3.64. The van der Waals surface area contributed by atoms with Crippen molar-refractivity contribution in [2.45, 2.75) is 51.6 Å². The first-order valence-corrected chi connectivity index (χ1v) is 6.32. The molecular formula is C12H24N2. The van der Waals surface area contributed by atoms with Crippen molar-refractivity contribution < 1.29 is 0 Å². The summed E-state index contributed by atoms with van der Waals surface area (Å²) in [6.45, 7) is 8.42. The molecule has 0 aromatic rings. The zero-order valence-corrected chi connectivity index (χ0v) is 9.63. The first-order chi connectivity index (χ1) is 6.85. The quantitative estimate of drug-likeness (QED) is 0.741. The van der Waals surface area contributed by atoms with Crippen LogP contribution in [0, 0.1) is 5.92 Å². The number of hydrogen-bond acceptors (Lipinski definition) is 2. The molecule has 1 aliphatic carbocycles. The monoisotopic (exact) mass is 196 g/mol. The third-order valence-electron chi connectivity index (χ3n) is 3.97. The van der Waals surface area contributed by atoms with Crippen LogP contribution >= 0.6 is 0 Å². The molecule has 0 aromatic heterocycles. The number of hydrogen-bond donors (Lipinski definition) is 1. The molecule has 82 valence electrons. The molecule has 0 amide bonds. The van der Waals surface area contributed by atoms with Crippen LogP contribution in [0.1, 0.15) is 39.5 Å². The van der Waals surface area contributed by atoms with Crippen LogP contribution in [-0.4, -0.2) is 36.6 Å². The minimum absolute atomic E-state index is 0.777. The van der Waals surface area contributed by atoms with Crippen LogP contribution in [0.3, 0.4) is 0 Å². The summed E-state index contributed by atoms with van der Waals surface area (Å²) in [5, 5.41) is 3.64. The van der Waals surface area contributed by atoms with Gasteiger partial charge in [0.2, 0.25) is 0 Å². The van der Waals surface area contributed by atoms with Gasteiger partial charge in [-0.3, -0.25) is 4.90 Å². The molecular weight excluding hydrogens is 172 g/mol. The van der Waals surface area contributed by atoms with E-state index in [2.05, 4.69) is 24.1 Å². The van der Waals surface area contributed by atoms with Crippen molar-refractivity contribution in [3.8, 4) is 0 Å². The van der Waals surface area contributed by atoms with Crippen molar-refractivity contribution >= 4 is 0 Å². The van der Waals surface area contributed by atoms with Gasteiger partial charge < -0.3 is 5.32 Å². The Balaban J connectivity index is 1.78. The molecule has 1 saturated heterocycles. The van der Waals surface area contributed by atoms with Crippen molar-refractivity contribution in [3.63, 3.8) is 0 Å². The average Bonchev–Trinajstić information content (AvgIpc) is 3.00. The molecule has 0 bridgehead atoms. The summed E-state index contributed by atoms with van der Waals surface area (Å²) in [4.78, 5) is 2.72. The van der Waals surface area contributed by atoms with Crippen LogP contribution in [0.15, 0.2) is 0 Å². The molecule has 0 radical (unpaired) electrons. The van der Waals surface area contributed by atoms with E-state index >= 15 is 0 Å². The van der Waals surface area contributed by atoms with E-state index in [9.17, 15) is 0 Å². The highest BCUT2D eigenvalue weighted by Crippen LogP contribution is 2.38. The highest BCUT2D eigenvalue weighted by atomic mass is 15.2. The molecule has 14 heavy (non-hydrogen) atoms. The lowest BCUT2D eigenvalue weighted by Gasteiger charge is -2.19. The predicted octanol–water partition coefficient (Wildman–Crippen LogP) is 1.86. The van der Waals surface area contributed by atoms with Gasteiger partial charge in [0.05, 0.1) is 0 Å². The summed E-state index contributed by atoms with van der Waals surface area (Å²) in [5.74, 6) is 1.02. The Hall–Kier alpha value is -0.0800. The third kappa shape index (κ3) is 2.29. The van der Waals surface area contributed by atoms with Gasteiger partial charge in [-0.2, -0.15) is 0 Å². The number of nitrogens with one attached hydrogen (secondary N) is 1. The first-order valence-electron chi connectivity index (χ1n) is 6.32. The van der Waals surface area contributed by atoms with Crippen LogP contribution in [-0.2, 0) is 0 Å². The Labute approximate surface area is 88.1 Å². The second kappa shape index (κ2) is 4.63. The van der Waals surface area contributed by atoms with E-state index in [1.165, 1.54) is 45.3 Å². The predicted molar refractivity (Wildman–Crippen MR) is 60.5 cm³/mol. The van der Waals surface area contributed by atoms with Gasteiger partial charge in [-0.05, 0) is 31.7 Å². The maximum atomic E-state index is 3.64. The van der Waals surface area contributed by atoms with Crippen LogP contribution in [0.5, 0.6) is 0 Å². The molecule has 1 saturated carbocycles. The Kier molecular flexibility index (Phi) is 3.45. The van der Waals surface area contributed by atoms with Crippen LogP contribution < -0.4 is 5.32 Å². The zero-order chi connectivity index (χ0) is 9.97. The van der Waals surface area contributed by atoms with Gasteiger partial charge in [0, 0.05) is 25.2 Å². The van der Waals surface area contributed by atoms with Gasteiger partial charge in [0.15, 0.2) is 0 Å². The maximum Gasteiger partial charge on any atom is 0.0128 e. The van der Waals surface area contributed by atoms with Crippen LogP contribution in [0.2, 0.25) is 0 Å². The van der Waals surface area contributed by atoms with E-state index in [-0.39, 0.29) is 0 Å². The summed E-state index contributed by atoms with van der Waals surface area (Å²) in [5.41, 5.74) is 0. The topological polar surface area (TPSA) is 15.3 Å². The fourth-order valence-corrected chi connectivity index (χ4v) is 2.75. The molecule has 2 nitrogen and oxygen atoms in total. The third-order valence-corrected chi connectivity index (χ3v) is 3.97. The molecule has 2 rings (SSSR count). The van der Waals surface area contributed by atoms with E-state index in [1.54, 1.807) is 0 Å². The van der Waals surface area contributed by atoms with Crippen molar-refractivity contribution in [1.82, 2.24) is 10.2 Å². The standard InChI is InChI=1S/C12H24N2/c1-3-10-9-12(10)14-7-5-11(4-2)13-6-8-14/h10-13H,3-9H2,1-2H3. The van der Waals surface area contributed by atoms with Crippen molar-refractivity contribution in [2.24, 2.45) is 5.92 Å². The Morgan fingerprint density at radius 1 is 1.21 bits per heavy atom. The van der Waals surface area contributed by atoms with Gasteiger partial charge in [0.1, 0.15) is 0 Å². The summed E-state index contributed by atoms with van der Waals surface area (Å²) in [6, 6.07) is 1.72.